The molecule has 1 amide bonds. The molecule has 4 N–H and O–H groups in total. The molecule has 0 bridgehead atoms. The number of halogens is 1. The number of carbonyl (C=O) groups excluding carboxylic acids is 1. The van der Waals surface area contributed by atoms with E-state index in [0.29, 0.717) is 19.4 Å². The van der Waals surface area contributed by atoms with Gasteiger partial charge in [-0.1, -0.05) is 26.7 Å². The third-order valence-electron chi connectivity index (χ3n) is 2.97. The summed E-state index contributed by atoms with van der Waals surface area (Å²) < 4.78 is 0. The lowest BCUT2D eigenvalue weighted by molar-refractivity contribution is -0.121. The zero-order valence-electron chi connectivity index (χ0n) is 12.6. The van der Waals surface area contributed by atoms with Gasteiger partial charge in [-0.15, -0.1) is 12.4 Å². The second-order valence-electron chi connectivity index (χ2n) is 5.95. The number of rotatable bonds is 10. The van der Waals surface area contributed by atoms with Crippen LogP contribution < -0.4 is 11.1 Å². The predicted molar refractivity (Wildman–Crippen MR) is 82.5 cm³/mol. The lowest BCUT2D eigenvalue weighted by Gasteiger charge is -2.26. The van der Waals surface area contributed by atoms with Crippen LogP contribution in [-0.2, 0) is 4.79 Å². The molecule has 0 heterocycles. The Morgan fingerprint density at radius 1 is 1.26 bits per heavy atom. The van der Waals surface area contributed by atoms with Crippen molar-refractivity contribution in [1.82, 2.24) is 5.32 Å². The molecule has 0 fully saturated rings. The van der Waals surface area contributed by atoms with Crippen molar-refractivity contribution >= 4 is 18.3 Å². The SMILES string of the molecule is CC(O)CC(C)(C)CNC(=O)CCCCCCN.Cl. The Balaban J connectivity index is 0. The van der Waals surface area contributed by atoms with Crippen molar-refractivity contribution in [2.24, 2.45) is 11.1 Å². The second-order valence-corrected chi connectivity index (χ2v) is 5.95. The molecule has 0 aromatic carbocycles. The van der Waals surface area contributed by atoms with Crippen molar-refractivity contribution in [2.75, 3.05) is 13.1 Å². The summed E-state index contributed by atoms with van der Waals surface area (Å²) in [6.07, 6.45) is 5.12. The number of nitrogens with two attached hydrogens (primary N) is 1. The number of hydrogen-bond donors (Lipinski definition) is 3. The molecular formula is C14H31ClN2O2. The molecule has 0 rings (SSSR count). The van der Waals surface area contributed by atoms with E-state index in [1.165, 1.54) is 0 Å². The van der Waals surface area contributed by atoms with Crippen LogP contribution in [0.3, 0.4) is 0 Å². The summed E-state index contributed by atoms with van der Waals surface area (Å²) in [6, 6.07) is 0. The van der Waals surface area contributed by atoms with Gasteiger partial charge >= 0.3 is 0 Å². The lowest BCUT2D eigenvalue weighted by atomic mass is 9.87. The number of hydrogen-bond acceptors (Lipinski definition) is 3. The summed E-state index contributed by atoms with van der Waals surface area (Å²) in [5.41, 5.74) is 5.35. The molecule has 0 radical (unpaired) electrons. The zero-order valence-corrected chi connectivity index (χ0v) is 13.4. The van der Waals surface area contributed by atoms with Crippen LogP contribution in [0.25, 0.3) is 0 Å². The van der Waals surface area contributed by atoms with E-state index in [-0.39, 0.29) is 29.8 Å². The van der Waals surface area contributed by atoms with Gasteiger partial charge in [0.05, 0.1) is 6.10 Å². The largest absolute Gasteiger partial charge is 0.393 e. The van der Waals surface area contributed by atoms with Crippen molar-refractivity contribution in [3.05, 3.63) is 0 Å². The standard InChI is InChI=1S/C14H30N2O2.ClH/c1-12(17)10-14(2,3)11-16-13(18)8-6-4-5-7-9-15;/h12,17H,4-11,15H2,1-3H3,(H,16,18);1H. The van der Waals surface area contributed by atoms with Crippen LogP contribution in [0.15, 0.2) is 0 Å². The summed E-state index contributed by atoms with van der Waals surface area (Å²) in [4.78, 5) is 11.6. The molecule has 0 aliphatic rings. The van der Waals surface area contributed by atoms with Crippen LogP contribution in [0.5, 0.6) is 0 Å². The maximum absolute atomic E-state index is 11.6. The summed E-state index contributed by atoms with van der Waals surface area (Å²) in [7, 11) is 0. The number of carbonyl (C=O) groups is 1. The molecule has 1 atom stereocenters. The normalized spacial score (nSPS) is 12.7. The van der Waals surface area contributed by atoms with Crippen molar-refractivity contribution in [3.63, 3.8) is 0 Å². The van der Waals surface area contributed by atoms with Crippen molar-refractivity contribution in [3.8, 4) is 0 Å². The molecule has 116 valence electrons. The molecule has 0 aromatic heterocycles. The van der Waals surface area contributed by atoms with E-state index in [0.717, 1.165) is 32.2 Å². The highest BCUT2D eigenvalue weighted by Crippen LogP contribution is 2.21. The molecule has 0 aromatic rings. The molecule has 0 spiro atoms. The van der Waals surface area contributed by atoms with Gasteiger partial charge in [0.15, 0.2) is 0 Å². The third-order valence-corrected chi connectivity index (χ3v) is 2.97. The molecule has 0 aliphatic carbocycles. The van der Waals surface area contributed by atoms with E-state index < -0.39 is 0 Å². The highest BCUT2D eigenvalue weighted by molar-refractivity contribution is 5.85. The van der Waals surface area contributed by atoms with Crippen LogP contribution in [-0.4, -0.2) is 30.2 Å². The fraction of sp³-hybridized carbons (Fsp3) is 0.929. The minimum atomic E-state index is -0.326. The Hall–Kier alpha value is -0.320. The minimum Gasteiger partial charge on any atom is -0.393 e. The molecule has 0 saturated heterocycles. The van der Waals surface area contributed by atoms with E-state index in [1.807, 2.05) is 0 Å². The average molecular weight is 295 g/mol. The lowest BCUT2D eigenvalue weighted by Crippen LogP contribution is -2.35. The summed E-state index contributed by atoms with van der Waals surface area (Å²) in [5, 5.41) is 12.3. The predicted octanol–water partition coefficient (Wildman–Crippen LogP) is 2.23. The van der Waals surface area contributed by atoms with Gasteiger partial charge in [0, 0.05) is 13.0 Å². The summed E-state index contributed by atoms with van der Waals surface area (Å²) in [5.74, 6) is 0.112. The van der Waals surface area contributed by atoms with Gasteiger partial charge in [0.2, 0.25) is 5.91 Å². The van der Waals surface area contributed by atoms with E-state index in [9.17, 15) is 9.90 Å². The average Bonchev–Trinajstić information content (AvgIpc) is 2.24. The second kappa shape index (κ2) is 11.5. The van der Waals surface area contributed by atoms with Crippen LogP contribution >= 0.6 is 12.4 Å². The first-order valence-corrected chi connectivity index (χ1v) is 7.02. The monoisotopic (exact) mass is 294 g/mol. The fourth-order valence-electron chi connectivity index (χ4n) is 2.08. The first-order valence-electron chi connectivity index (χ1n) is 7.02. The van der Waals surface area contributed by atoms with Gasteiger partial charge in [0.1, 0.15) is 0 Å². The van der Waals surface area contributed by atoms with Crippen LogP contribution in [0.1, 0.15) is 59.3 Å². The summed E-state index contributed by atoms with van der Waals surface area (Å²) in [6.45, 7) is 7.25. The first-order chi connectivity index (χ1) is 8.37. The van der Waals surface area contributed by atoms with Crippen LogP contribution in [0.2, 0.25) is 0 Å². The van der Waals surface area contributed by atoms with Gasteiger partial charge in [-0.25, -0.2) is 0 Å². The Labute approximate surface area is 123 Å². The van der Waals surface area contributed by atoms with Gasteiger partial charge in [-0.2, -0.15) is 0 Å². The molecule has 1 unspecified atom stereocenters. The van der Waals surface area contributed by atoms with E-state index >= 15 is 0 Å². The maximum atomic E-state index is 11.6. The zero-order chi connectivity index (χ0) is 14.0. The van der Waals surface area contributed by atoms with E-state index in [1.54, 1.807) is 6.92 Å². The Kier molecular flexibility index (Phi) is 12.7. The van der Waals surface area contributed by atoms with E-state index in [4.69, 9.17) is 5.73 Å². The van der Waals surface area contributed by atoms with Gasteiger partial charge in [-0.05, 0) is 38.1 Å². The van der Waals surface area contributed by atoms with Crippen LogP contribution in [0, 0.1) is 5.41 Å². The highest BCUT2D eigenvalue weighted by Gasteiger charge is 2.20. The highest BCUT2D eigenvalue weighted by atomic mass is 35.5. The van der Waals surface area contributed by atoms with Gasteiger partial charge < -0.3 is 16.2 Å². The molecule has 19 heavy (non-hydrogen) atoms. The van der Waals surface area contributed by atoms with Crippen LogP contribution in [0.4, 0.5) is 0 Å². The molecule has 0 saturated carbocycles. The Morgan fingerprint density at radius 2 is 1.84 bits per heavy atom. The van der Waals surface area contributed by atoms with Gasteiger partial charge in [0.25, 0.3) is 0 Å². The summed E-state index contributed by atoms with van der Waals surface area (Å²) >= 11 is 0. The molecule has 0 aliphatic heterocycles. The molecular weight excluding hydrogens is 264 g/mol. The quantitative estimate of drug-likeness (QED) is 0.541. The van der Waals surface area contributed by atoms with Gasteiger partial charge in [-0.3, -0.25) is 4.79 Å². The molecule has 5 heteroatoms. The number of unbranched alkanes of at least 4 members (excludes halogenated alkanes) is 3. The number of aliphatic hydroxyl groups is 1. The smallest absolute Gasteiger partial charge is 0.220 e. The Bertz CT molecular complexity index is 233. The van der Waals surface area contributed by atoms with E-state index in [2.05, 4.69) is 19.2 Å². The third kappa shape index (κ3) is 13.9. The first kappa shape index (κ1) is 21.0. The Morgan fingerprint density at radius 3 is 2.37 bits per heavy atom. The maximum Gasteiger partial charge on any atom is 0.220 e. The minimum absolute atomic E-state index is 0. The topological polar surface area (TPSA) is 75.3 Å². The number of nitrogens with one attached hydrogen (secondary N) is 1. The number of amides is 1. The fourth-order valence-corrected chi connectivity index (χ4v) is 2.08. The molecule has 4 nitrogen and oxygen atoms in total. The van der Waals surface area contributed by atoms with Crippen molar-refractivity contribution < 1.29 is 9.90 Å². The van der Waals surface area contributed by atoms with Crippen molar-refractivity contribution in [2.45, 2.75) is 65.4 Å². The number of aliphatic hydroxyl groups excluding tert-OH is 1. The van der Waals surface area contributed by atoms with Crippen molar-refractivity contribution in [1.29, 1.82) is 0 Å².